The van der Waals surface area contributed by atoms with Crippen molar-refractivity contribution in [3.63, 3.8) is 0 Å². The fourth-order valence-corrected chi connectivity index (χ4v) is 3.02. The number of hydrogen-bond acceptors (Lipinski definition) is 5. The molecule has 27 heavy (non-hydrogen) atoms. The van der Waals surface area contributed by atoms with Crippen molar-refractivity contribution in [3.05, 3.63) is 30.3 Å². The molecule has 0 aromatic heterocycles. The van der Waals surface area contributed by atoms with E-state index in [2.05, 4.69) is 10.6 Å². The Morgan fingerprint density at radius 1 is 1.11 bits per heavy atom. The van der Waals surface area contributed by atoms with Crippen molar-refractivity contribution in [2.75, 3.05) is 0 Å². The Balaban J connectivity index is 2.82. The van der Waals surface area contributed by atoms with E-state index in [1.807, 2.05) is 19.9 Å². The molecule has 0 bridgehead atoms. The van der Waals surface area contributed by atoms with Crippen LogP contribution >= 0.6 is 11.8 Å². The van der Waals surface area contributed by atoms with E-state index in [9.17, 15) is 19.5 Å². The second-order valence-corrected chi connectivity index (χ2v) is 8.66. The van der Waals surface area contributed by atoms with E-state index in [1.165, 1.54) is 0 Å². The van der Waals surface area contributed by atoms with Gasteiger partial charge in [0, 0.05) is 4.90 Å². The quantitative estimate of drug-likeness (QED) is 0.460. The van der Waals surface area contributed by atoms with Crippen LogP contribution in [-0.4, -0.2) is 40.1 Å². The molecular weight excluding hydrogens is 368 g/mol. The average molecular weight is 397 g/mol. The largest absolute Gasteiger partial charge is 0.479 e. The van der Waals surface area contributed by atoms with E-state index >= 15 is 0 Å². The first-order valence-electron chi connectivity index (χ1n) is 8.72. The minimum Gasteiger partial charge on any atom is -0.479 e. The van der Waals surface area contributed by atoms with Crippen LogP contribution in [0.15, 0.2) is 35.2 Å². The minimum atomic E-state index is -1.17. The lowest BCUT2D eigenvalue weighted by atomic mass is 10.0. The zero-order valence-corrected chi connectivity index (χ0v) is 17.1. The lowest BCUT2D eigenvalue weighted by Gasteiger charge is -2.25. The molecule has 0 radical (unpaired) electrons. The van der Waals surface area contributed by atoms with E-state index in [4.69, 9.17) is 4.74 Å². The number of nitrogens with one attached hydrogen (secondary N) is 2. The molecule has 0 fully saturated rings. The van der Waals surface area contributed by atoms with E-state index < -0.39 is 35.0 Å². The van der Waals surface area contributed by atoms with Gasteiger partial charge in [0.05, 0.1) is 0 Å². The van der Waals surface area contributed by atoms with Crippen LogP contribution in [0.5, 0.6) is 0 Å². The van der Waals surface area contributed by atoms with E-state index in [0.717, 1.165) is 11.8 Å². The number of alkyl carbamates (subject to hydrolysis) is 1. The summed E-state index contributed by atoms with van der Waals surface area (Å²) in [6.07, 6.45) is -0.362. The Bertz CT molecular complexity index is 643. The van der Waals surface area contributed by atoms with Gasteiger partial charge >= 0.3 is 12.1 Å². The molecule has 0 aliphatic rings. The fourth-order valence-electron chi connectivity index (χ4n) is 2.16. The Morgan fingerprint density at radius 3 is 2.19 bits per heavy atom. The summed E-state index contributed by atoms with van der Waals surface area (Å²) in [5, 5.41) is 13.3. The van der Waals surface area contributed by atoms with Crippen molar-refractivity contribution < 1.29 is 24.2 Å². The Kier molecular flexibility index (Phi) is 8.62. The number of carboxylic acids is 1. The van der Waals surface area contributed by atoms with Crippen molar-refractivity contribution >= 4 is 29.7 Å². The molecule has 0 spiro atoms. The zero-order valence-electron chi connectivity index (χ0n) is 16.3. The van der Waals surface area contributed by atoms with Crippen LogP contribution < -0.4 is 10.6 Å². The van der Waals surface area contributed by atoms with E-state index in [0.29, 0.717) is 11.3 Å². The van der Waals surface area contributed by atoms with Crippen LogP contribution in [0.1, 0.15) is 41.0 Å². The summed E-state index contributed by atoms with van der Waals surface area (Å²) in [7, 11) is 0. The lowest BCUT2D eigenvalue weighted by Crippen LogP contribution is -2.52. The predicted octanol–water partition coefficient (Wildman–Crippen LogP) is 3.25. The lowest BCUT2D eigenvalue weighted by molar-refractivity contribution is -0.139. The van der Waals surface area contributed by atoms with Crippen molar-refractivity contribution in [1.29, 1.82) is 0 Å². The van der Waals surface area contributed by atoms with Crippen LogP contribution in [0, 0.1) is 5.92 Å². The number of aliphatic carboxylic acids is 1. The third-order valence-corrected chi connectivity index (χ3v) is 4.31. The second kappa shape index (κ2) is 10.2. The molecule has 0 saturated heterocycles. The Hall–Kier alpha value is -2.22. The highest BCUT2D eigenvalue weighted by atomic mass is 32.2. The summed E-state index contributed by atoms with van der Waals surface area (Å²) in [6.45, 7) is 8.98. The Morgan fingerprint density at radius 2 is 1.70 bits per heavy atom. The van der Waals surface area contributed by atoms with Crippen molar-refractivity contribution in [2.45, 2.75) is 63.0 Å². The number of carboxylic acid groups (broad SMARTS) is 1. The van der Waals surface area contributed by atoms with Gasteiger partial charge < -0.3 is 20.5 Å². The van der Waals surface area contributed by atoms with Gasteiger partial charge in [0.1, 0.15) is 11.6 Å². The summed E-state index contributed by atoms with van der Waals surface area (Å²) in [5.41, 5.74) is -0.699. The van der Waals surface area contributed by atoms with E-state index in [1.54, 1.807) is 45.0 Å². The number of hydrogen-bond donors (Lipinski definition) is 3. The number of rotatable bonds is 8. The van der Waals surface area contributed by atoms with Crippen LogP contribution in [-0.2, 0) is 14.3 Å². The molecule has 7 nitrogen and oxygen atoms in total. The average Bonchev–Trinajstić information content (AvgIpc) is 2.52. The van der Waals surface area contributed by atoms with Crippen LogP contribution in [0.4, 0.5) is 4.79 Å². The van der Waals surface area contributed by atoms with Crippen LogP contribution in [0.3, 0.4) is 0 Å². The molecule has 0 saturated carbocycles. The molecule has 2 amide bonds. The maximum atomic E-state index is 12.6. The molecule has 1 rings (SSSR count). The molecular formula is C19H28N2O5S. The molecule has 0 aliphatic heterocycles. The first kappa shape index (κ1) is 22.8. The van der Waals surface area contributed by atoms with Crippen molar-refractivity contribution in [3.8, 4) is 0 Å². The standard InChI is InChI=1S/C19H28N2O5S/c1-12(2)11-14(20-18(25)26-19(3,4)5)15(22)21-16(17(23)24)27-13-9-7-6-8-10-13/h6-10,12,14,16H,11H2,1-5H3,(H,20,25)(H,21,22)(H,23,24)/t14-,16-/m0/s1. The van der Waals surface area contributed by atoms with Gasteiger partial charge in [-0.25, -0.2) is 9.59 Å². The predicted molar refractivity (Wildman–Crippen MR) is 104 cm³/mol. The highest BCUT2D eigenvalue weighted by Gasteiger charge is 2.29. The third kappa shape index (κ3) is 9.33. The minimum absolute atomic E-state index is 0.112. The number of thioether (sulfide) groups is 1. The van der Waals surface area contributed by atoms with Gasteiger partial charge in [-0.2, -0.15) is 0 Å². The third-order valence-electron chi connectivity index (χ3n) is 3.21. The van der Waals surface area contributed by atoms with Crippen LogP contribution in [0.25, 0.3) is 0 Å². The molecule has 2 atom stereocenters. The normalized spacial score (nSPS) is 13.6. The Labute approximate surface area is 164 Å². The molecule has 0 aliphatic carbocycles. The monoisotopic (exact) mass is 396 g/mol. The number of ether oxygens (including phenoxy) is 1. The molecule has 0 heterocycles. The fraction of sp³-hybridized carbons (Fsp3) is 0.526. The molecule has 3 N–H and O–H groups in total. The number of carbonyl (C=O) groups excluding carboxylic acids is 2. The van der Waals surface area contributed by atoms with Crippen molar-refractivity contribution in [2.24, 2.45) is 5.92 Å². The van der Waals surface area contributed by atoms with Crippen molar-refractivity contribution in [1.82, 2.24) is 10.6 Å². The summed E-state index contributed by atoms with van der Waals surface area (Å²) < 4.78 is 5.20. The summed E-state index contributed by atoms with van der Waals surface area (Å²) in [5.74, 6) is -1.62. The second-order valence-electron chi connectivity index (χ2n) is 7.49. The highest BCUT2D eigenvalue weighted by Crippen LogP contribution is 2.22. The van der Waals surface area contributed by atoms with Gasteiger partial charge in [-0.15, -0.1) is 0 Å². The molecule has 0 unspecified atom stereocenters. The van der Waals surface area contributed by atoms with Gasteiger partial charge in [-0.05, 0) is 45.2 Å². The maximum absolute atomic E-state index is 12.6. The smallest absolute Gasteiger partial charge is 0.408 e. The van der Waals surface area contributed by atoms with Gasteiger partial charge in [0.25, 0.3) is 0 Å². The summed E-state index contributed by atoms with van der Waals surface area (Å²) in [6, 6.07) is 8.03. The van der Waals surface area contributed by atoms with Gasteiger partial charge in [0.15, 0.2) is 5.37 Å². The first-order valence-corrected chi connectivity index (χ1v) is 9.60. The summed E-state index contributed by atoms with van der Waals surface area (Å²) >= 11 is 1.01. The van der Waals surface area contributed by atoms with Gasteiger partial charge in [-0.1, -0.05) is 43.8 Å². The summed E-state index contributed by atoms with van der Waals surface area (Å²) in [4.78, 5) is 36.9. The molecule has 150 valence electrons. The maximum Gasteiger partial charge on any atom is 0.408 e. The van der Waals surface area contributed by atoms with Gasteiger partial charge in [0.2, 0.25) is 5.91 Å². The number of carbonyl (C=O) groups is 3. The number of amides is 2. The van der Waals surface area contributed by atoms with E-state index in [-0.39, 0.29) is 5.92 Å². The first-order chi connectivity index (χ1) is 12.5. The topological polar surface area (TPSA) is 105 Å². The van der Waals surface area contributed by atoms with Gasteiger partial charge in [-0.3, -0.25) is 4.79 Å². The molecule has 1 aromatic carbocycles. The zero-order chi connectivity index (χ0) is 20.6. The number of benzene rings is 1. The SMILES string of the molecule is CC(C)C[C@H](NC(=O)OC(C)(C)C)C(=O)N[C@@H](Sc1ccccc1)C(=O)O. The highest BCUT2D eigenvalue weighted by molar-refractivity contribution is 8.00. The van der Waals surface area contributed by atoms with Crippen LogP contribution in [0.2, 0.25) is 0 Å². The molecule has 1 aromatic rings. The molecule has 8 heteroatoms.